The van der Waals surface area contributed by atoms with Crippen LogP contribution in [0.4, 0.5) is 17.1 Å². The Balaban J connectivity index is 1.42. The second-order valence-electron chi connectivity index (χ2n) is 10.4. The number of carbonyl (C=O) groups is 1. The summed E-state index contributed by atoms with van der Waals surface area (Å²) in [6, 6.07) is 19.6. The third-order valence-electron chi connectivity index (χ3n) is 7.49. The Morgan fingerprint density at radius 3 is 2.51 bits per heavy atom. The Morgan fingerprint density at radius 2 is 1.78 bits per heavy atom. The number of nitrogens with two attached hydrogens (primary N) is 3. The van der Waals surface area contributed by atoms with Crippen molar-refractivity contribution in [3.8, 4) is 0 Å². The number of anilines is 3. The molecule has 2 fully saturated rings. The summed E-state index contributed by atoms with van der Waals surface area (Å²) in [6.45, 7) is 3.35. The zero-order valence-electron chi connectivity index (χ0n) is 21.4. The van der Waals surface area contributed by atoms with Crippen LogP contribution in [0.5, 0.6) is 0 Å². The maximum Gasteiger partial charge on any atom is 0.224 e. The van der Waals surface area contributed by atoms with Crippen LogP contribution in [0.25, 0.3) is 10.8 Å². The van der Waals surface area contributed by atoms with Crippen molar-refractivity contribution in [2.75, 3.05) is 23.8 Å². The zero-order chi connectivity index (χ0) is 26.0. The second-order valence-corrected chi connectivity index (χ2v) is 10.4. The minimum Gasteiger partial charge on any atom is -0.397 e. The lowest BCUT2D eigenvalue weighted by atomic mass is 10.1. The van der Waals surface area contributed by atoms with Crippen LogP contribution < -0.4 is 27.7 Å². The van der Waals surface area contributed by atoms with Gasteiger partial charge >= 0.3 is 0 Å². The van der Waals surface area contributed by atoms with Crippen LogP contribution in [-0.4, -0.2) is 35.5 Å². The summed E-state index contributed by atoms with van der Waals surface area (Å²) in [5.41, 5.74) is 15.5. The molecule has 194 valence electrons. The van der Waals surface area contributed by atoms with Crippen LogP contribution in [0.15, 0.2) is 65.8 Å². The van der Waals surface area contributed by atoms with E-state index >= 15 is 0 Å². The number of hydrogen-bond donors (Lipinski definition) is 3. The standard InChI is InChI=1S/C29H36N6O2/c1-20-18-25(33-37-22-10-7-16-34(17-13-22)26(36)19-29(31)14-15-29)23-11-5-6-12-24(23)28(27(20)30)35(32)21-8-3-2-4-9-21/h2-6,8-9,11-12,18,22H,7,10,13-17,19,30-32H2,1H3/b33-25-. The number of hydrazine groups is 1. The average molecular weight is 501 g/mol. The van der Waals surface area contributed by atoms with E-state index in [1.54, 1.807) is 5.01 Å². The molecule has 3 aromatic carbocycles. The molecule has 6 N–H and O–H groups in total. The van der Waals surface area contributed by atoms with E-state index in [0.29, 0.717) is 24.0 Å². The molecule has 1 unspecified atom stereocenters. The predicted octanol–water partition coefficient (Wildman–Crippen LogP) is 3.84. The molecule has 1 aliphatic carbocycles. The van der Waals surface area contributed by atoms with Crippen molar-refractivity contribution in [3.05, 3.63) is 71.6 Å². The number of benzene rings is 2. The summed E-state index contributed by atoms with van der Waals surface area (Å²) in [7, 11) is 0. The lowest BCUT2D eigenvalue weighted by Gasteiger charge is -2.22. The van der Waals surface area contributed by atoms with Gasteiger partial charge < -0.3 is 21.2 Å². The molecule has 1 aliphatic heterocycles. The molecule has 2 aliphatic rings. The molecule has 37 heavy (non-hydrogen) atoms. The fourth-order valence-electron chi connectivity index (χ4n) is 4.96. The van der Waals surface area contributed by atoms with E-state index in [9.17, 15) is 4.79 Å². The largest absolute Gasteiger partial charge is 0.397 e. The molecule has 1 heterocycles. The number of likely N-dealkylation sites (tertiary alicyclic amines) is 1. The van der Waals surface area contributed by atoms with E-state index in [0.717, 1.165) is 66.4 Å². The maximum atomic E-state index is 12.7. The molecule has 0 spiro atoms. The van der Waals surface area contributed by atoms with E-state index in [1.165, 1.54) is 0 Å². The SMILES string of the molecule is Cc1c/c(=N/OC2CCCN(C(=O)CC3(N)CC3)CC2)c2ccccc2c(N(N)c2ccccc2)c1N. The lowest BCUT2D eigenvalue weighted by Crippen LogP contribution is -2.37. The summed E-state index contributed by atoms with van der Waals surface area (Å²) >= 11 is 0. The number of aryl methyl sites for hydroxylation is 1. The van der Waals surface area contributed by atoms with Gasteiger partial charge in [-0.15, -0.1) is 0 Å². The molecule has 0 aromatic heterocycles. The Morgan fingerprint density at radius 1 is 1.08 bits per heavy atom. The number of fused-ring (bicyclic) bond motifs is 1. The normalized spacial score (nSPS) is 19.4. The fourth-order valence-corrected chi connectivity index (χ4v) is 4.96. The van der Waals surface area contributed by atoms with E-state index in [-0.39, 0.29) is 17.6 Å². The van der Waals surface area contributed by atoms with Gasteiger partial charge in [-0.2, -0.15) is 0 Å². The van der Waals surface area contributed by atoms with E-state index < -0.39 is 0 Å². The van der Waals surface area contributed by atoms with Crippen molar-refractivity contribution in [3.63, 3.8) is 0 Å². The van der Waals surface area contributed by atoms with Gasteiger partial charge in [0.2, 0.25) is 5.91 Å². The molecular weight excluding hydrogens is 464 g/mol. The highest BCUT2D eigenvalue weighted by molar-refractivity contribution is 6.00. The van der Waals surface area contributed by atoms with Crippen LogP contribution in [-0.2, 0) is 9.63 Å². The summed E-state index contributed by atoms with van der Waals surface area (Å²) in [5.74, 6) is 6.75. The first kappa shape index (κ1) is 25.0. The van der Waals surface area contributed by atoms with Gasteiger partial charge in [0.1, 0.15) is 11.5 Å². The number of para-hydroxylation sites is 1. The molecule has 3 aromatic rings. The van der Waals surface area contributed by atoms with Gasteiger partial charge in [-0.1, -0.05) is 47.6 Å². The first-order chi connectivity index (χ1) is 17.8. The molecule has 8 heteroatoms. The molecule has 1 saturated carbocycles. The monoisotopic (exact) mass is 500 g/mol. The van der Waals surface area contributed by atoms with Crippen LogP contribution in [0.1, 0.15) is 44.1 Å². The van der Waals surface area contributed by atoms with Crippen molar-refractivity contribution in [2.45, 2.75) is 57.1 Å². The number of rotatable bonds is 6. The van der Waals surface area contributed by atoms with Crippen molar-refractivity contribution >= 4 is 33.7 Å². The van der Waals surface area contributed by atoms with Crippen molar-refractivity contribution < 1.29 is 9.63 Å². The first-order valence-corrected chi connectivity index (χ1v) is 13.0. The number of nitrogen functional groups attached to an aromatic ring is 1. The highest BCUT2D eigenvalue weighted by Crippen LogP contribution is 2.36. The van der Waals surface area contributed by atoms with Gasteiger partial charge in [0.15, 0.2) is 0 Å². The Labute approximate surface area is 217 Å². The van der Waals surface area contributed by atoms with Gasteiger partial charge in [-0.05, 0) is 56.4 Å². The van der Waals surface area contributed by atoms with Crippen molar-refractivity contribution in [1.29, 1.82) is 0 Å². The number of hydrogen-bond acceptors (Lipinski definition) is 7. The molecule has 1 saturated heterocycles. The quantitative estimate of drug-likeness (QED) is 0.349. The van der Waals surface area contributed by atoms with Crippen LogP contribution >= 0.6 is 0 Å². The Bertz CT molecular complexity index is 1360. The summed E-state index contributed by atoms with van der Waals surface area (Å²) in [5, 5.41) is 8.72. The molecule has 1 atom stereocenters. The highest BCUT2D eigenvalue weighted by Gasteiger charge is 2.41. The number of carbonyl (C=O) groups excluding carboxylic acids is 1. The minimum absolute atomic E-state index is 0.0673. The van der Waals surface area contributed by atoms with Crippen molar-refractivity contribution in [2.24, 2.45) is 16.7 Å². The molecule has 8 nitrogen and oxygen atoms in total. The van der Waals surface area contributed by atoms with Gasteiger partial charge in [0, 0.05) is 42.2 Å². The van der Waals surface area contributed by atoms with E-state index in [2.05, 4.69) is 5.16 Å². The Hall–Kier alpha value is -3.62. The highest BCUT2D eigenvalue weighted by atomic mass is 16.6. The van der Waals surface area contributed by atoms with Gasteiger partial charge in [-0.25, -0.2) is 5.84 Å². The van der Waals surface area contributed by atoms with Gasteiger partial charge in [0.05, 0.1) is 17.1 Å². The van der Waals surface area contributed by atoms with E-state index in [1.807, 2.05) is 72.5 Å². The third-order valence-corrected chi connectivity index (χ3v) is 7.49. The Kier molecular flexibility index (Phi) is 7.04. The lowest BCUT2D eigenvalue weighted by molar-refractivity contribution is -0.131. The molecule has 5 rings (SSSR count). The number of amides is 1. The summed E-state index contributed by atoms with van der Waals surface area (Å²) < 4.78 is 0. The third kappa shape index (κ3) is 5.55. The second kappa shape index (κ2) is 10.4. The summed E-state index contributed by atoms with van der Waals surface area (Å²) in [4.78, 5) is 20.7. The maximum absolute atomic E-state index is 12.7. The summed E-state index contributed by atoms with van der Waals surface area (Å²) in [6.07, 6.45) is 4.72. The molecular formula is C29H36N6O2. The van der Waals surface area contributed by atoms with Crippen LogP contribution in [0.3, 0.4) is 0 Å². The number of nitrogens with zero attached hydrogens (tertiary/aromatic N) is 3. The zero-order valence-corrected chi connectivity index (χ0v) is 21.4. The van der Waals surface area contributed by atoms with Gasteiger partial charge in [-0.3, -0.25) is 9.80 Å². The van der Waals surface area contributed by atoms with Crippen molar-refractivity contribution in [1.82, 2.24) is 4.90 Å². The van der Waals surface area contributed by atoms with Gasteiger partial charge in [0.25, 0.3) is 0 Å². The first-order valence-electron chi connectivity index (χ1n) is 13.0. The molecule has 0 radical (unpaired) electrons. The minimum atomic E-state index is -0.267. The van der Waals surface area contributed by atoms with E-state index in [4.69, 9.17) is 22.1 Å². The fraction of sp³-hybridized carbons (Fsp3) is 0.379. The smallest absolute Gasteiger partial charge is 0.224 e. The average Bonchev–Trinajstić information content (AvgIpc) is 3.69. The topological polar surface area (TPSA) is 123 Å². The predicted molar refractivity (Wildman–Crippen MR) is 148 cm³/mol. The van der Waals surface area contributed by atoms with Crippen LogP contribution in [0, 0.1) is 6.92 Å². The molecule has 1 amide bonds. The van der Waals surface area contributed by atoms with Crippen LogP contribution in [0.2, 0.25) is 0 Å². The molecule has 0 bridgehead atoms.